The van der Waals surface area contributed by atoms with Crippen LogP contribution in [0.1, 0.15) is 95.6 Å². The van der Waals surface area contributed by atoms with Gasteiger partial charge in [0.25, 0.3) is 0 Å². The van der Waals surface area contributed by atoms with Crippen molar-refractivity contribution in [2.45, 2.75) is 102 Å². The SMILES string of the molecule is CCC[C@]1(OC(=O)OC)CN(C2CCCCC2)C(CC2CCC(C(c3cccc(F)c3)N(C)C)CC2)=N1. The van der Waals surface area contributed by atoms with Gasteiger partial charge in [0.15, 0.2) is 0 Å². The van der Waals surface area contributed by atoms with E-state index in [1.807, 2.05) is 6.07 Å². The molecule has 0 spiro atoms. The average Bonchev–Trinajstić information content (AvgIpc) is 3.23. The maximum absolute atomic E-state index is 14.0. The number of benzene rings is 1. The van der Waals surface area contributed by atoms with Crippen molar-refractivity contribution in [2.75, 3.05) is 27.7 Å². The summed E-state index contributed by atoms with van der Waals surface area (Å²) >= 11 is 0. The van der Waals surface area contributed by atoms with Crippen LogP contribution in [0.5, 0.6) is 0 Å². The van der Waals surface area contributed by atoms with Gasteiger partial charge >= 0.3 is 6.16 Å². The lowest BCUT2D eigenvalue weighted by Crippen LogP contribution is -2.45. The summed E-state index contributed by atoms with van der Waals surface area (Å²) < 4.78 is 24.7. The van der Waals surface area contributed by atoms with E-state index in [-0.39, 0.29) is 11.9 Å². The Bertz CT molecular complexity index is 924. The molecule has 2 atom stereocenters. The Morgan fingerprint density at radius 1 is 1.16 bits per heavy atom. The number of methoxy groups -OCH3 is 1. The molecule has 1 aromatic rings. The number of nitrogens with zero attached hydrogens (tertiary/aromatic N) is 3. The van der Waals surface area contributed by atoms with E-state index in [4.69, 9.17) is 14.5 Å². The molecular formula is C30H46FN3O3. The third-order valence-electron chi connectivity index (χ3n) is 8.73. The minimum Gasteiger partial charge on any atom is -0.438 e. The fourth-order valence-electron chi connectivity index (χ4n) is 7.06. The van der Waals surface area contributed by atoms with Crippen molar-refractivity contribution < 1.29 is 18.7 Å². The fraction of sp³-hybridized carbons (Fsp3) is 0.733. The molecule has 37 heavy (non-hydrogen) atoms. The Kier molecular flexibility index (Phi) is 9.49. The highest BCUT2D eigenvalue weighted by atomic mass is 19.1. The maximum atomic E-state index is 14.0. The van der Waals surface area contributed by atoms with Gasteiger partial charge in [-0.1, -0.05) is 44.7 Å². The van der Waals surface area contributed by atoms with Gasteiger partial charge in [-0.2, -0.15) is 0 Å². The van der Waals surface area contributed by atoms with Crippen LogP contribution < -0.4 is 0 Å². The van der Waals surface area contributed by atoms with Crippen LogP contribution in [-0.4, -0.2) is 61.3 Å². The van der Waals surface area contributed by atoms with Crippen LogP contribution in [0.25, 0.3) is 0 Å². The standard InChI is InChI=1S/C30H46FN3O3/c1-5-18-30(37-29(35)36-4)21-34(26-12-7-6-8-13-26)27(32-30)19-22-14-16-23(17-15-22)28(33(2)3)24-10-9-11-25(31)20-24/h9-11,20,22-23,26,28H,5-8,12-19,21H2,1-4H3/t22?,23?,28?,30-/m0/s1. The van der Waals surface area contributed by atoms with E-state index >= 15 is 0 Å². The molecule has 1 heterocycles. The molecule has 2 fully saturated rings. The van der Waals surface area contributed by atoms with Crippen molar-refractivity contribution in [3.63, 3.8) is 0 Å². The third-order valence-corrected chi connectivity index (χ3v) is 8.73. The molecule has 3 aliphatic rings. The predicted molar refractivity (Wildman–Crippen MR) is 145 cm³/mol. The van der Waals surface area contributed by atoms with Gasteiger partial charge in [0, 0.05) is 24.9 Å². The normalized spacial score (nSPS) is 27.7. The van der Waals surface area contributed by atoms with Crippen LogP contribution in [0.15, 0.2) is 29.3 Å². The smallest absolute Gasteiger partial charge is 0.438 e. The zero-order valence-electron chi connectivity index (χ0n) is 23.3. The number of rotatable bonds is 9. The minimum atomic E-state index is -0.834. The molecule has 1 aliphatic heterocycles. The van der Waals surface area contributed by atoms with Gasteiger partial charge in [0.05, 0.1) is 13.7 Å². The van der Waals surface area contributed by atoms with Gasteiger partial charge in [-0.15, -0.1) is 0 Å². The summed E-state index contributed by atoms with van der Waals surface area (Å²) in [7, 11) is 5.57. The zero-order valence-corrected chi connectivity index (χ0v) is 23.3. The van der Waals surface area contributed by atoms with Gasteiger partial charge in [-0.05, 0) is 82.2 Å². The monoisotopic (exact) mass is 515 g/mol. The average molecular weight is 516 g/mol. The van der Waals surface area contributed by atoms with Crippen LogP contribution in [0.3, 0.4) is 0 Å². The predicted octanol–water partition coefficient (Wildman–Crippen LogP) is 6.95. The second-order valence-corrected chi connectivity index (χ2v) is 11.6. The van der Waals surface area contributed by atoms with Gasteiger partial charge < -0.3 is 19.3 Å². The Hall–Kier alpha value is -2.15. The molecule has 1 unspecified atom stereocenters. The molecular weight excluding hydrogens is 469 g/mol. The van der Waals surface area contributed by atoms with Gasteiger partial charge in [-0.25, -0.2) is 14.2 Å². The van der Waals surface area contributed by atoms with Crippen molar-refractivity contribution in [1.29, 1.82) is 0 Å². The number of hydrogen-bond donors (Lipinski definition) is 0. The van der Waals surface area contributed by atoms with Crippen LogP contribution in [0.4, 0.5) is 9.18 Å². The number of amidine groups is 1. The number of carbonyl (C=O) groups is 1. The van der Waals surface area contributed by atoms with Gasteiger partial charge in [-0.3, -0.25) is 0 Å². The third kappa shape index (κ3) is 6.84. The molecule has 2 saturated carbocycles. The minimum absolute atomic E-state index is 0.162. The Morgan fingerprint density at radius 3 is 2.51 bits per heavy atom. The number of hydrogen-bond acceptors (Lipinski definition) is 6. The molecule has 6 nitrogen and oxygen atoms in total. The van der Waals surface area contributed by atoms with Crippen molar-refractivity contribution in [3.05, 3.63) is 35.6 Å². The molecule has 206 valence electrons. The molecule has 4 rings (SSSR count). The Labute approximate surface area is 222 Å². The van der Waals surface area contributed by atoms with E-state index in [1.54, 1.807) is 6.07 Å². The first-order chi connectivity index (χ1) is 17.8. The van der Waals surface area contributed by atoms with Crippen molar-refractivity contribution in [3.8, 4) is 0 Å². The van der Waals surface area contributed by atoms with E-state index < -0.39 is 11.9 Å². The number of halogens is 1. The topological polar surface area (TPSA) is 54.4 Å². The van der Waals surface area contributed by atoms with E-state index in [9.17, 15) is 9.18 Å². The fourth-order valence-corrected chi connectivity index (χ4v) is 7.06. The van der Waals surface area contributed by atoms with E-state index in [0.29, 0.717) is 30.8 Å². The molecule has 0 radical (unpaired) electrons. The maximum Gasteiger partial charge on any atom is 0.510 e. The molecule has 0 saturated heterocycles. The number of carbonyl (C=O) groups excluding carboxylic acids is 1. The lowest BCUT2D eigenvalue weighted by Gasteiger charge is -2.39. The van der Waals surface area contributed by atoms with Gasteiger partial charge in [0.1, 0.15) is 11.7 Å². The van der Waals surface area contributed by atoms with Crippen LogP contribution in [0, 0.1) is 17.7 Å². The number of ether oxygens (including phenoxy) is 2. The molecule has 1 aromatic carbocycles. The van der Waals surface area contributed by atoms with Crippen molar-refractivity contribution in [1.82, 2.24) is 9.80 Å². The van der Waals surface area contributed by atoms with Gasteiger partial charge in [0.2, 0.25) is 5.72 Å². The lowest BCUT2D eigenvalue weighted by molar-refractivity contribution is -0.0324. The van der Waals surface area contributed by atoms with Crippen molar-refractivity contribution in [2.24, 2.45) is 16.8 Å². The summed E-state index contributed by atoms with van der Waals surface area (Å²) in [5.74, 6) is 2.04. The Balaban J connectivity index is 1.47. The Morgan fingerprint density at radius 2 is 1.89 bits per heavy atom. The highest BCUT2D eigenvalue weighted by Crippen LogP contribution is 2.42. The summed E-state index contributed by atoms with van der Waals surface area (Å²) in [4.78, 5) is 22.0. The van der Waals surface area contributed by atoms with Crippen molar-refractivity contribution >= 4 is 12.0 Å². The number of aliphatic imine (C=N–C) groups is 1. The highest BCUT2D eigenvalue weighted by Gasteiger charge is 2.45. The molecule has 2 aliphatic carbocycles. The zero-order chi connectivity index (χ0) is 26.4. The van der Waals surface area contributed by atoms with E-state index in [2.05, 4.69) is 36.9 Å². The lowest BCUT2D eigenvalue weighted by atomic mass is 9.75. The largest absolute Gasteiger partial charge is 0.510 e. The van der Waals surface area contributed by atoms with Crippen LogP contribution in [0.2, 0.25) is 0 Å². The summed E-state index contributed by atoms with van der Waals surface area (Å²) in [6, 6.07) is 7.81. The molecule has 0 amide bonds. The van der Waals surface area contributed by atoms with E-state index in [0.717, 1.165) is 49.9 Å². The first kappa shape index (κ1) is 27.9. The quantitative estimate of drug-likeness (QED) is 0.333. The molecule has 0 aromatic heterocycles. The first-order valence-corrected chi connectivity index (χ1v) is 14.4. The molecule has 0 N–H and O–H groups in total. The summed E-state index contributed by atoms with van der Waals surface area (Å²) in [5, 5.41) is 0. The summed E-state index contributed by atoms with van der Waals surface area (Å²) in [6.07, 6.45) is 12.6. The van der Waals surface area contributed by atoms with E-state index in [1.165, 1.54) is 45.3 Å². The van der Waals surface area contributed by atoms with Crippen LogP contribution in [-0.2, 0) is 9.47 Å². The molecule has 7 heteroatoms. The summed E-state index contributed by atoms with van der Waals surface area (Å²) in [6.45, 7) is 2.76. The second-order valence-electron chi connectivity index (χ2n) is 11.6. The summed E-state index contributed by atoms with van der Waals surface area (Å²) in [5.41, 5.74) is 0.237. The first-order valence-electron chi connectivity index (χ1n) is 14.4. The second kappa shape index (κ2) is 12.6. The van der Waals surface area contributed by atoms with Crippen LogP contribution >= 0.6 is 0 Å². The molecule has 0 bridgehead atoms. The highest BCUT2D eigenvalue weighted by molar-refractivity contribution is 5.85.